The van der Waals surface area contributed by atoms with Crippen molar-refractivity contribution in [3.63, 3.8) is 0 Å². The van der Waals surface area contributed by atoms with Crippen molar-refractivity contribution in [2.24, 2.45) is 22.9 Å². The summed E-state index contributed by atoms with van der Waals surface area (Å²) < 4.78 is 5.08. The summed E-state index contributed by atoms with van der Waals surface area (Å²) in [5.41, 5.74) is 3.10. The van der Waals surface area contributed by atoms with Gasteiger partial charge in [-0.15, -0.1) is 0 Å². The van der Waals surface area contributed by atoms with Crippen LogP contribution in [0, 0.1) is 24.7 Å². The minimum atomic E-state index is -0.212. The molecule has 0 saturated heterocycles. The van der Waals surface area contributed by atoms with Gasteiger partial charge in [0.25, 0.3) is 5.91 Å². The number of hydrogen-bond acceptors (Lipinski definition) is 3. The Hall–Kier alpha value is -1.84. The fourth-order valence-corrected chi connectivity index (χ4v) is 2.87. The summed E-state index contributed by atoms with van der Waals surface area (Å²) in [4.78, 5) is 11.8. The second kappa shape index (κ2) is 4.44. The van der Waals surface area contributed by atoms with Gasteiger partial charge >= 0.3 is 0 Å². The van der Waals surface area contributed by atoms with Crippen LogP contribution in [0.15, 0.2) is 34.0 Å². The number of nitrogens with one attached hydrogen (secondary N) is 1. The predicted molar refractivity (Wildman–Crippen MR) is 68.2 cm³/mol. The number of furan rings is 1. The highest BCUT2D eigenvalue weighted by Crippen LogP contribution is 2.42. The van der Waals surface area contributed by atoms with Crippen molar-refractivity contribution >= 4 is 12.1 Å². The van der Waals surface area contributed by atoms with Crippen LogP contribution in [0.2, 0.25) is 0 Å². The van der Waals surface area contributed by atoms with Gasteiger partial charge in [-0.1, -0.05) is 12.2 Å². The predicted octanol–water partition coefficient (Wildman–Crippen LogP) is 2.52. The maximum Gasteiger partial charge on any atom is 0.274 e. The van der Waals surface area contributed by atoms with E-state index in [2.05, 4.69) is 22.7 Å². The normalized spacial score (nSPS) is 29.3. The van der Waals surface area contributed by atoms with Crippen molar-refractivity contribution in [3.8, 4) is 0 Å². The number of carbonyl (C=O) groups is 1. The van der Waals surface area contributed by atoms with Crippen LogP contribution in [0.5, 0.6) is 0 Å². The third kappa shape index (κ3) is 1.98. The lowest BCUT2D eigenvalue weighted by molar-refractivity contribution is 0.0953. The van der Waals surface area contributed by atoms with Crippen molar-refractivity contribution < 1.29 is 9.21 Å². The van der Waals surface area contributed by atoms with Gasteiger partial charge in [0.05, 0.1) is 11.8 Å². The molecule has 1 N–H and O–H groups in total. The van der Waals surface area contributed by atoms with Gasteiger partial charge in [0.2, 0.25) is 0 Å². The Morgan fingerprint density at radius 3 is 3.00 bits per heavy atom. The number of fused-ring (bicyclic) bond motifs is 2. The lowest BCUT2D eigenvalue weighted by Gasteiger charge is -2.11. The topological polar surface area (TPSA) is 54.6 Å². The summed E-state index contributed by atoms with van der Waals surface area (Å²) in [6, 6.07) is 1.65. The van der Waals surface area contributed by atoms with Crippen LogP contribution in [-0.4, -0.2) is 12.1 Å². The molecule has 3 rings (SSSR count). The van der Waals surface area contributed by atoms with Crippen molar-refractivity contribution in [1.82, 2.24) is 5.43 Å². The van der Waals surface area contributed by atoms with E-state index in [9.17, 15) is 4.79 Å². The SMILES string of the molecule is Cc1occc1C(=O)N/N=C\[C@H]1C[C@H]2C=C[C@H]1C2. The highest BCUT2D eigenvalue weighted by molar-refractivity contribution is 5.95. The molecule has 1 fully saturated rings. The van der Waals surface area contributed by atoms with Crippen LogP contribution in [-0.2, 0) is 0 Å². The maximum atomic E-state index is 11.8. The Kier molecular flexibility index (Phi) is 2.78. The molecule has 18 heavy (non-hydrogen) atoms. The quantitative estimate of drug-likeness (QED) is 0.504. The summed E-state index contributed by atoms with van der Waals surface area (Å²) in [6.45, 7) is 1.76. The molecule has 0 aromatic carbocycles. The summed E-state index contributed by atoms with van der Waals surface area (Å²) in [6.07, 6.45) is 10.3. The third-order valence-corrected chi connectivity index (χ3v) is 3.87. The summed E-state index contributed by atoms with van der Waals surface area (Å²) in [7, 11) is 0. The Morgan fingerprint density at radius 1 is 1.50 bits per heavy atom. The summed E-state index contributed by atoms with van der Waals surface area (Å²) >= 11 is 0. The number of hydrogen-bond donors (Lipinski definition) is 1. The average molecular weight is 244 g/mol. The van der Waals surface area contributed by atoms with Crippen LogP contribution in [0.25, 0.3) is 0 Å². The van der Waals surface area contributed by atoms with E-state index in [0.717, 1.165) is 12.3 Å². The number of rotatable bonds is 3. The van der Waals surface area contributed by atoms with E-state index in [-0.39, 0.29) is 5.91 Å². The molecule has 4 nitrogen and oxygen atoms in total. The summed E-state index contributed by atoms with van der Waals surface area (Å²) in [5.74, 6) is 2.22. The average Bonchev–Trinajstić information content (AvgIpc) is 3.04. The molecule has 0 aliphatic heterocycles. The molecule has 1 saturated carbocycles. The first-order chi connectivity index (χ1) is 8.74. The van der Waals surface area contributed by atoms with Crippen LogP contribution >= 0.6 is 0 Å². The molecule has 94 valence electrons. The number of hydrazone groups is 1. The van der Waals surface area contributed by atoms with Gasteiger partial charge in [-0.25, -0.2) is 5.43 Å². The molecule has 1 amide bonds. The highest BCUT2D eigenvalue weighted by Gasteiger charge is 2.34. The first-order valence-electron chi connectivity index (χ1n) is 6.30. The van der Waals surface area contributed by atoms with Gasteiger partial charge in [-0.05, 0) is 37.7 Å². The molecular formula is C14H16N2O2. The lowest BCUT2D eigenvalue weighted by atomic mass is 9.95. The van der Waals surface area contributed by atoms with Crippen molar-refractivity contribution in [3.05, 3.63) is 35.8 Å². The fourth-order valence-electron chi connectivity index (χ4n) is 2.87. The first-order valence-corrected chi connectivity index (χ1v) is 6.30. The van der Waals surface area contributed by atoms with Crippen LogP contribution in [0.3, 0.4) is 0 Å². The molecule has 2 bridgehead atoms. The Morgan fingerprint density at radius 2 is 2.39 bits per heavy atom. The van der Waals surface area contributed by atoms with E-state index in [4.69, 9.17) is 4.42 Å². The molecule has 4 heteroatoms. The molecule has 1 aromatic rings. The molecule has 0 spiro atoms. The number of allylic oxidation sites excluding steroid dienone is 2. The van der Waals surface area contributed by atoms with E-state index in [0.29, 0.717) is 23.2 Å². The zero-order valence-electron chi connectivity index (χ0n) is 10.3. The minimum absolute atomic E-state index is 0.212. The van der Waals surface area contributed by atoms with Crippen molar-refractivity contribution in [2.75, 3.05) is 0 Å². The molecular weight excluding hydrogens is 228 g/mol. The third-order valence-electron chi connectivity index (χ3n) is 3.87. The minimum Gasteiger partial charge on any atom is -0.469 e. The number of carbonyl (C=O) groups excluding carboxylic acids is 1. The van der Waals surface area contributed by atoms with E-state index >= 15 is 0 Å². The molecule has 1 aromatic heterocycles. The molecule has 3 atom stereocenters. The van der Waals surface area contributed by atoms with Crippen molar-refractivity contribution in [1.29, 1.82) is 0 Å². The smallest absolute Gasteiger partial charge is 0.274 e. The van der Waals surface area contributed by atoms with Crippen LogP contribution in [0.1, 0.15) is 29.0 Å². The van der Waals surface area contributed by atoms with Gasteiger partial charge in [0, 0.05) is 12.1 Å². The Labute approximate surface area is 106 Å². The molecule has 0 unspecified atom stereocenters. The monoisotopic (exact) mass is 244 g/mol. The first kappa shape index (κ1) is 11.3. The lowest BCUT2D eigenvalue weighted by Crippen LogP contribution is -2.19. The number of aryl methyl sites for hydroxylation is 1. The van der Waals surface area contributed by atoms with Crippen LogP contribution < -0.4 is 5.43 Å². The maximum absolute atomic E-state index is 11.8. The standard InChI is InChI=1S/C14H16N2O2/c1-9-13(4-5-18-9)14(17)16-15-8-12-7-10-2-3-11(12)6-10/h2-5,8,10-12H,6-7H2,1H3,(H,16,17)/b15-8-/t10-,11-,12+/m0/s1. The van der Waals surface area contributed by atoms with Gasteiger partial charge in [0.1, 0.15) is 5.76 Å². The van der Waals surface area contributed by atoms with Crippen molar-refractivity contribution in [2.45, 2.75) is 19.8 Å². The Balaban J connectivity index is 1.57. The molecule has 0 radical (unpaired) electrons. The molecule has 1 heterocycles. The molecule has 2 aliphatic carbocycles. The zero-order chi connectivity index (χ0) is 12.5. The van der Waals surface area contributed by atoms with E-state index in [1.807, 2.05) is 6.21 Å². The molecule has 2 aliphatic rings. The second-order valence-electron chi connectivity index (χ2n) is 5.05. The van der Waals surface area contributed by atoms with E-state index < -0.39 is 0 Å². The second-order valence-corrected chi connectivity index (χ2v) is 5.05. The number of amides is 1. The van der Waals surface area contributed by atoms with E-state index in [1.54, 1.807) is 13.0 Å². The Bertz CT molecular complexity index is 516. The fraction of sp³-hybridized carbons (Fsp3) is 0.429. The van der Waals surface area contributed by atoms with Gasteiger partial charge < -0.3 is 4.42 Å². The largest absolute Gasteiger partial charge is 0.469 e. The zero-order valence-corrected chi connectivity index (χ0v) is 10.3. The van der Waals surface area contributed by atoms with E-state index in [1.165, 1.54) is 12.7 Å². The highest BCUT2D eigenvalue weighted by atomic mass is 16.3. The number of nitrogens with zero attached hydrogens (tertiary/aromatic N) is 1. The summed E-state index contributed by atoms with van der Waals surface area (Å²) in [5, 5.41) is 4.07. The van der Waals surface area contributed by atoms with Crippen LogP contribution in [0.4, 0.5) is 0 Å². The van der Waals surface area contributed by atoms with Gasteiger partial charge in [0.15, 0.2) is 0 Å². The van der Waals surface area contributed by atoms with Gasteiger partial charge in [-0.3, -0.25) is 4.79 Å². The van der Waals surface area contributed by atoms with Gasteiger partial charge in [-0.2, -0.15) is 5.10 Å².